The number of likely N-dealkylation sites (tertiary alicyclic amines) is 1. The standard InChI is InChI=1S/C12H13F3N2O2S/c13-12(14,15)20-10-5-1-4-9(16-10)11(19)17-6-2-3-8(18)7-17/h1,4-5,8,18H,2-3,6-7H2/t8-/m1/s1. The molecule has 1 amide bonds. The van der Waals surface area contributed by atoms with Crippen molar-refractivity contribution in [3.63, 3.8) is 0 Å². The summed E-state index contributed by atoms with van der Waals surface area (Å²) in [7, 11) is 0. The minimum Gasteiger partial charge on any atom is -0.391 e. The van der Waals surface area contributed by atoms with Gasteiger partial charge in [-0.3, -0.25) is 4.79 Å². The van der Waals surface area contributed by atoms with Gasteiger partial charge >= 0.3 is 5.51 Å². The Labute approximate surface area is 118 Å². The monoisotopic (exact) mass is 306 g/mol. The molecule has 1 N–H and O–H groups in total. The van der Waals surface area contributed by atoms with Gasteiger partial charge in [0, 0.05) is 24.9 Å². The van der Waals surface area contributed by atoms with E-state index in [1.54, 1.807) is 0 Å². The van der Waals surface area contributed by atoms with Gasteiger partial charge in [0.1, 0.15) is 10.7 Å². The molecule has 0 spiro atoms. The maximum Gasteiger partial charge on any atom is 0.447 e. The Balaban J connectivity index is 2.12. The number of piperidine rings is 1. The molecule has 1 saturated heterocycles. The molecule has 20 heavy (non-hydrogen) atoms. The molecule has 1 aliphatic heterocycles. The van der Waals surface area contributed by atoms with Crippen molar-refractivity contribution in [2.45, 2.75) is 29.5 Å². The molecule has 110 valence electrons. The van der Waals surface area contributed by atoms with Crippen LogP contribution in [0.25, 0.3) is 0 Å². The summed E-state index contributed by atoms with van der Waals surface area (Å²) in [4.78, 5) is 17.3. The van der Waals surface area contributed by atoms with Gasteiger partial charge in [-0.1, -0.05) is 6.07 Å². The van der Waals surface area contributed by atoms with Crippen molar-refractivity contribution >= 4 is 17.7 Å². The fourth-order valence-corrected chi connectivity index (χ4v) is 2.54. The van der Waals surface area contributed by atoms with Gasteiger partial charge in [0.2, 0.25) is 0 Å². The molecule has 0 aliphatic carbocycles. The van der Waals surface area contributed by atoms with Gasteiger partial charge in [-0.25, -0.2) is 4.98 Å². The highest BCUT2D eigenvalue weighted by Gasteiger charge is 2.31. The molecule has 1 aromatic heterocycles. The predicted octanol–water partition coefficient (Wildman–Crippen LogP) is 2.29. The average Bonchev–Trinajstić information content (AvgIpc) is 2.36. The van der Waals surface area contributed by atoms with E-state index in [2.05, 4.69) is 4.98 Å². The molecule has 8 heteroatoms. The number of halogens is 3. The molecule has 0 saturated carbocycles. The molecular weight excluding hydrogens is 293 g/mol. The Kier molecular flexibility index (Phi) is 4.54. The van der Waals surface area contributed by atoms with Crippen molar-refractivity contribution in [2.24, 2.45) is 0 Å². The van der Waals surface area contributed by atoms with Crippen LogP contribution in [0.3, 0.4) is 0 Å². The van der Waals surface area contributed by atoms with E-state index in [1.165, 1.54) is 23.1 Å². The smallest absolute Gasteiger partial charge is 0.391 e. The van der Waals surface area contributed by atoms with E-state index in [-0.39, 0.29) is 29.0 Å². The first-order valence-corrected chi connectivity index (χ1v) is 6.87. The van der Waals surface area contributed by atoms with Gasteiger partial charge in [0.25, 0.3) is 5.91 Å². The van der Waals surface area contributed by atoms with Crippen LogP contribution in [0.4, 0.5) is 13.2 Å². The summed E-state index contributed by atoms with van der Waals surface area (Å²) in [6.45, 7) is 0.672. The first kappa shape index (κ1) is 15.1. The second-order valence-electron chi connectivity index (χ2n) is 4.46. The number of aliphatic hydroxyl groups excluding tert-OH is 1. The van der Waals surface area contributed by atoms with Gasteiger partial charge < -0.3 is 10.0 Å². The minimum absolute atomic E-state index is 0.0339. The number of alkyl halides is 3. The van der Waals surface area contributed by atoms with E-state index < -0.39 is 17.5 Å². The number of aromatic nitrogens is 1. The van der Waals surface area contributed by atoms with Crippen LogP contribution in [0.2, 0.25) is 0 Å². The Hall–Kier alpha value is -1.28. The van der Waals surface area contributed by atoms with E-state index in [0.717, 1.165) is 0 Å². The van der Waals surface area contributed by atoms with Gasteiger partial charge in [0.15, 0.2) is 0 Å². The largest absolute Gasteiger partial charge is 0.447 e. The second kappa shape index (κ2) is 6.01. The number of pyridine rings is 1. The molecule has 1 aromatic rings. The Morgan fingerprint density at radius 3 is 2.85 bits per heavy atom. The quantitative estimate of drug-likeness (QED) is 0.852. The number of hydrogen-bond donors (Lipinski definition) is 1. The minimum atomic E-state index is -4.43. The zero-order valence-corrected chi connectivity index (χ0v) is 11.2. The molecule has 1 aliphatic rings. The zero-order chi connectivity index (χ0) is 14.8. The lowest BCUT2D eigenvalue weighted by molar-refractivity contribution is -0.0329. The maximum atomic E-state index is 12.3. The average molecular weight is 306 g/mol. The van der Waals surface area contributed by atoms with E-state index in [1.807, 2.05) is 0 Å². The summed E-state index contributed by atoms with van der Waals surface area (Å²) >= 11 is -0.352. The van der Waals surface area contributed by atoms with Gasteiger partial charge in [0.05, 0.1) is 6.10 Å². The summed E-state index contributed by atoms with van der Waals surface area (Å²) in [6, 6.07) is 3.96. The summed E-state index contributed by atoms with van der Waals surface area (Å²) in [5.74, 6) is -0.451. The number of aliphatic hydroxyl groups is 1. The van der Waals surface area contributed by atoms with Crippen LogP contribution in [0, 0.1) is 0 Å². The lowest BCUT2D eigenvalue weighted by atomic mass is 10.1. The molecule has 2 heterocycles. The van der Waals surface area contributed by atoms with Gasteiger partial charge in [-0.05, 0) is 25.0 Å². The maximum absolute atomic E-state index is 12.3. The molecule has 0 aromatic carbocycles. The third-order valence-electron chi connectivity index (χ3n) is 2.85. The molecule has 0 unspecified atom stereocenters. The van der Waals surface area contributed by atoms with Crippen molar-refractivity contribution in [1.82, 2.24) is 9.88 Å². The van der Waals surface area contributed by atoms with E-state index in [4.69, 9.17) is 0 Å². The normalized spacial score (nSPS) is 20.0. The van der Waals surface area contributed by atoms with Crippen molar-refractivity contribution in [1.29, 1.82) is 0 Å². The third-order valence-corrected chi connectivity index (χ3v) is 3.51. The van der Waals surface area contributed by atoms with Crippen LogP contribution in [-0.2, 0) is 0 Å². The van der Waals surface area contributed by atoms with Crippen LogP contribution < -0.4 is 0 Å². The number of rotatable bonds is 2. The molecule has 0 radical (unpaired) electrons. The SMILES string of the molecule is O=C(c1cccc(SC(F)(F)F)n1)N1CCC[C@@H](O)C1. The van der Waals surface area contributed by atoms with Crippen molar-refractivity contribution in [2.75, 3.05) is 13.1 Å². The Bertz CT molecular complexity index is 496. The number of hydrogen-bond acceptors (Lipinski definition) is 4. The highest BCUT2D eigenvalue weighted by molar-refractivity contribution is 8.00. The number of nitrogens with zero attached hydrogens (tertiary/aromatic N) is 2. The number of carbonyl (C=O) groups is 1. The zero-order valence-electron chi connectivity index (χ0n) is 10.4. The number of β-amino-alcohol motifs (C(OH)–C–C–N with tert-alkyl or cyclic N) is 1. The highest BCUT2D eigenvalue weighted by Crippen LogP contribution is 2.35. The van der Waals surface area contributed by atoms with Crippen molar-refractivity contribution in [3.05, 3.63) is 23.9 Å². The summed E-state index contributed by atoms with van der Waals surface area (Å²) in [5, 5.41) is 9.25. The number of carbonyl (C=O) groups excluding carboxylic acids is 1. The van der Waals surface area contributed by atoms with Gasteiger partial charge in [-0.2, -0.15) is 13.2 Å². The Morgan fingerprint density at radius 1 is 1.45 bits per heavy atom. The summed E-state index contributed by atoms with van der Waals surface area (Å²) in [5.41, 5.74) is -4.47. The fourth-order valence-electron chi connectivity index (χ4n) is 2.01. The molecule has 4 nitrogen and oxygen atoms in total. The number of amides is 1. The van der Waals surface area contributed by atoms with Crippen LogP contribution in [0.1, 0.15) is 23.3 Å². The molecular formula is C12H13F3N2O2S. The lowest BCUT2D eigenvalue weighted by Gasteiger charge is -2.29. The number of thioether (sulfide) groups is 1. The topological polar surface area (TPSA) is 53.4 Å². The fraction of sp³-hybridized carbons (Fsp3) is 0.500. The predicted molar refractivity (Wildman–Crippen MR) is 67.3 cm³/mol. The van der Waals surface area contributed by atoms with Crippen LogP contribution in [-0.4, -0.2) is 45.6 Å². The summed E-state index contributed by atoms with van der Waals surface area (Å²) < 4.78 is 36.8. The van der Waals surface area contributed by atoms with E-state index in [9.17, 15) is 23.1 Å². The van der Waals surface area contributed by atoms with Gasteiger partial charge in [-0.15, -0.1) is 0 Å². The first-order valence-electron chi connectivity index (χ1n) is 6.05. The van der Waals surface area contributed by atoms with Crippen LogP contribution in [0.5, 0.6) is 0 Å². The Morgan fingerprint density at radius 2 is 2.20 bits per heavy atom. The van der Waals surface area contributed by atoms with Crippen molar-refractivity contribution < 1.29 is 23.1 Å². The first-order chi connectivity index (χ1) is 9.35. The molecule has 1 fully saturated rings. The molecule has 0 bridgehead atoms. The summed E-state index contributed by atoms with van der Waals surface area (Å²) in [6.07, 6.45) is 0.714. The van der Waals surface area contributed by atoms with Crippen LogP contribution >= 0.6 is 11.8 Å². The van der Waals surface area contributed by atoms with E-state index >= 15 is 0 Å². The second-order valence-corrected chi connectivity index (χ2v) is 5.54. The van der Waals surface area contributed by atoms with E-state index in [0.29, 0.717) is 19.4 Å². The van der Waals surface area contributed by atoms with Crippen LogP contribution in [0.15, 0.2) is 23.2 Å². The third kappa shape index (κ3) is 4.11. The molecule has 2 rings (SSSR count). The van der Waals surface area contributed by atoms with Crippen molar-refractivity contribution in [3.8, 4) is 0 Å². The lowest BCUT2D eigenvalue weighted by Crippen LogP contribution is -2.42. The highest BCUT2D eigenvalue weighted by atomic mass is 32.2. The molecule has 1 atom stereocenters.